The second-order valence-electron chi connectivity index (χ2n) is 8.83. The molecule has 0 aromatic rings. The summed E-state index contributed by atoms with van der Waals surface area (Å²) in [6.07, 6.45) is -1.20. The van der Waals surface area contributed by atoms with Crippen LogP contribution in [0.25, 0.3) is 0 Å². The van der Waals surface area contributed by atoms with Gasteiger partial charge in [0.05, 0.1) is 6.61 Å². The van der Waals surface area contributed by atoms with E-state index in [0.717, 1.165) is 6.04 Å². The molecule has 6 nitrogen and oxygen atoms in total. The molecule has 0 aliphatic carbocycles. The van der Waals surface area contributed by atoms with E-state index in [2.05, 4.69) is 52.4 Å². The smallest absolute Gasteiger partial charge is 0.335 e. The quantitative estimate of drug-likeness (QED) is 0.168. The zero-order chi connectivity index (χ0) is 20.8. The molecule has 0 heterocycles. The van der Waals surface area contributed by atoms with Crippen LogP contribution in [0.15, 0.2) is 12.2 Å². The van der Waals surface area contributed by atoms with E-state index in [1.54, 1.807) is 6.92 Å². The maximum absolute atomic E-state index is 11.6. The molecule has 0 bridgehead atoms. The maximum atomic E-state index is 11.6. The van der Waals surface area contributed by atoms with E-state index in [0.29, 0.717) is 13.0 Å². The van der Waals surface area contributed by atoms with Crippen LogP contribution in [0.2, 0.25) is 51.9 Å². The number of aliphatic hydroxyl groups excluding tert-OH is 1. The molecular formula is C17H38O6Si3. The number of hydrogen-bond acceptors (Lipinski definition) is 6. The van der Waals surface area contributed by atoms with E-state index in [1.165, 1.54) is 6.92 Å². The van der Waals surface area contributed by atoms with Gasteiger partial charge in [-0.15, -0.1) is 0 Å². The average Bonchev–Trinajstić information content (AvgIpc) is 2.36. The molecule has 0 saturated carbocycles. The Balaban J connectivity index is 4.73. The Morgan fingerprint density at radius 1 is 1.04 bits per heavy atom. The van der Waals surface area contributed by atoms with Gasteiger partial charge in [-0.1, -0.05) is 6.58 Å². The summed E-state index contributed by atoms with van der Waals surface area (Å²) in [6.45, 7) is 22.1. The van der Waals surface area contributed by atoms with Crippen LogP contribution in [0.5, 0.6) is 0 Å². The number of hydrogen-bond donors (Lipinski definition) is 1. The monoisotopic (exact) mass is 422 g/mol. The van der Waals surface area contributed by atoms with Gasteiger partial charge in [-0.25, -0.2) is 4.79 Å². The van der Waals surface area contributed by atoms with Gasteiger partial charge < -0.3 is 22.8 Å². The normalized spacial score (nSPS) is 15.5. The molecule has 9 heteroatoms. The predicted molar refractivity (Wildman–Crippen MR) is 112 cm³/mol. The molecular weight excluding hydrogens is 384 g/mol. The maximum Gasteiger partial charge on any atom is 0.335 e. The number of esters is 1. The highest BCUT2D eigenvalue weighted by Gasteiger charge is 2.39. The molecule has 1 N–H and O–H groups in total. The summed E-state index contributed by atoms with van der Waals surface area (Å²) >= 11 is 0. The van der Waals surface area contributed by atoms with E-state index >= 15 is 0 Å². The highest BCUT2D eigenvalue weighted by atomic mass is 28.5. The van der Waals surface area contributed by atoms with Crippen molar-refractivity contribution in [2.45, 2.75) is 84.5 Å². The molecule has 0 aliphatic rings. The Bertz CT molecular complexity index is 452. The summed E-state index contributed by atoms with van der Waals surface area (Å²) in [7, 11) is -5.77. The molecule has 0 aliphatic heterocycles. The minimum atomic E-state index is -2.31. The zero-order valence-electron chi connectivity index (χ0n) is 18.0. The molecule has 0 spiro atoms. The summed E-state index contributed by atoms with van der Waals surface area (Å²) in [6, 6.07) is 0.794. The Morgan fingerprint density at radius 2 is 1.50 bits per heavy atom. The lowest BCUT2D eigenvalue weighted by atomic mass is 10.3. The Hall–Kier alpha value is -0.299. The Morgan fingerprint density at radius 3 is 1.85 bits per heavy atom. The van der Waals surface area contributed by atoms with Crippen molar-refractivity contribution in [1.82, 2.24) is 0 Å². The van der Waals surface area contributed by atoms with Gasteiger partial charge in [0.1, 0.15) is 6.10 Å². The minimum absolute atomic E-state index is 0.270. The number of carbonyl (C=O) groups excluding carboxylic acids is 1. The first-order chi connectivity index (χ1) is 11.5. The second kappa shape index (κ2) is 10.3. The van der Waals surface area contributed by atoms with Crippen molar-refractivity contribution in [2.75, 3.05) is 6.61 Å². The van der Waals surface area contributed by atoms with Crippen LogP contribution in [0, 0.1) is 0 Å². The standard InChI is InChI=1S/C17H38O6Si3/c1-14(2)16(19)21-17(15(3)18)20-12-11-13-26(10,22-24(4,5)6)23-25(7,8)9/h15,17-18H,1,11-13H2,2-10H3. The third-order valence-electron chi connectivity index (χ3n) is 3.07. The average molecular weight is 423 g/mol. The third-order valence-corrected chi connectivity index (χ3v) is 12.7. The molecule has 0 amide bonds. The van der Waals surface area contributed by atoms with Gasteiger partial charge in [-0.2, -0.15) is 0 Å². The summed E-state index contributed by atoms with van der Waals surface area (Å²) in [5.74, 6) is -0.570. The van der Waals surface area contributed by atoms with Gasteiger partial charge >= 0.3 is 14.5 Å². The molecule has 0 fully saturated rings. The fourth-order valence-corrected chi connectivity index (χ4v) is 15.0. The summed E-state index contributed by atoms with van der Waals surface area (Å²) in [4.78, 5) is 11.6. The summed E-state index contributed by atoms with van der Waals surface area (Å²) < 4.78 is 23.6. The molecule has 0 rings (SSSR count). The molecule has 0 saturated heterocycles. The van der Waals surface area contributed by atoms with Gasteiger partial charge in [-0.3, -0.25) is 0 Å². The van der Waals surface area contributed by atoms with Crippen molar-refractivity contribution in [1.29, 1.82) is 0 Å². The molecule has 2 atom stereocenters. The molecule has 0 aromatic heterocycles. The van der Waals surface area contributed by atoms with Crippen molar-refractivity contribution in [3.05, 3.63) is 12.2 Å². The molecule has 2 unspecified atom stereocenters. The van der Waals surface area contributed by atoms with Gasteiger partial charge in [0, 0.05) is 5.57 Å². The van der Waals surface area contributed by atoms with Crippen LogP contribution < -0.4 is 0 Å². The topological polar surface area (TPSA) is 74.2 Å². The molecule has 0 aromatic carbocycles. The number of rotatable bonds is 12. The first-order valence-corrected chi connectivity index (χ1v) is 18.5. The Kier molecular flexibility index (Phi) is 10.2. The minimum Gasteiger partial charge on any atom is -0.437 e. The number of ether oxygens (including phenoxy) is 2. The molecule has 0 radical (unpaired) electrons. The molecule has 26 heavy (non-hydrogen) atoms. The second-order valence-corrected chi connectivity index (χ2v) is 21.7. The van der Waals surface area contributed by atoms with Crippen LogP contribution >= 0.6 is 0 Å². The highest BCUT2D eigenvalue weighted by Crippen LogP contribution is 2.25. The Labute approximate surface area is 162 Å². The van der Waals surface area contributed by atoms with Crippen LogP contribution in [-0.2, 0) is 22.5 Å². The summed E-state index contributed by atoms with van der Waals surface area (Å²) in [5.41, 5.74) is 0.270. The lowest BCUT2D eigenvalue weighted by Crippen LogP contribution is -2.52. The van der Waals surface area contributed by atoms with Crippen LogP contribution in [0.4, 0.5) is 0 Å². The van der Waals surface area contributed by atoms with E-state index in [9.17, 15) is 9.90 Å². The van der Waals surface area contributed by atoms with Gasteiger partial charge in [0.25, 0.3) is 0 Å². The number of aliphatic hydroxyl groups is 1. The lowest BCUT2D eigenvalue weighted by molar-refractivity contribution is -0.196. The van der Waals surface area contributed by atoms with E-state index < -0.39 is 43.6 Å². The molecule has 154 valence electrons. The van der Waals surface area contributed by atoms with Gasteiger partial charge in [0.15, 0.2) is 16.6 Å². The summed E-state index contributed by atoms with van der Waals surface area (Å²) in [5, 5.41) is 9.75. The van der Waals surface area contributed by atoms with Gasteiger partial charge in [0.2, 0.25) is 6.29 Å². The van der Waals surface area contributed by atoms with Crippen molar-refractivity contribution in [2.24, 2.45) is 0 Å². The van der Waals surface area contributed by atoms with Crippen molar-refractivity contribution in [3.63, 3.8) is 0 Å². The fourth-order valence-electron chi connectivity index (χ4n) is 2.49. The lowest BCUT2D eigenvalue weighted by Gasteiger charge is -2.38. The van der Waals surface area contributed by atoms with Crippen molar-refractivity contribution in [3.8, 4) is 0 Å². The first kappa shape index (κ1) is 25.7. The largest absolute Gasteiger partial charge is 0.437 e. The SMILES string of the molecule is C=C(C)C(=O)OC(OCCC[Si](C)(O[Si](C)(C)C)O[Si](C)(C)C)C(C)O. The van der Waals surface area contributed by atoms with Crippen LogP contribution in [0.3, 0.4) is 0 Å². The predicted octanol–water partition coefficient (Wildman–Crippen LogP) is 3.99. The van der Waals surface area contributed by atoms with E-state index in [4.69, 9.17) is 17.7 Å². The fraction of sp³-hybridized carbons (Fsp3) is 0.824. The van der Waals surface area contributed by atoms with Gasteiger partial charge in [-0.05, 0) is 72.1 Å². The third kappa shape index (κ3) is 12.2. The van der Waals surface area contributed by atoms with Crippen molar-refractivity contribution >= 4 is 31.2 Å². The van der Waals surface area contributed by atoms with Crippen LogP contribution in [0.1, 0.15) is 20.3 Å². The van der Waals surface area contributed by atoms with Crippen molar-refractivity contribution < 1.29 is 27.6 Å². The first-order valence-electron chi connectivity index (χ1n) is 9.11. The van der Waals surface area contributed by atoms with Crippen LogP contribution in [-0.4, -0.2) is 55.3 Å². The van der Waals surface area contributed by atoms with E-state index in [1.807, 2.05) is 0 Å². The zero-order valence-corrected chi connectivity index (χ0v) is 21.0. The number of carbonyl (C=O) groups is 1. The highest BCUT2D eigenvalue weighted by molar-refractivity contribution is 6.87. The van der Waals surface area contributed by atoms with E-state index in [-0.39, 0.29) is 5.57 Å².